The van der Waals surface area contributed by atoms with E-state index in [9.17, 15) is 13.2 Å². The van der Waals surface area contributed by atoms with E-state index in [2.05, 4.69) is 10.2 Å². The molecule has 0 aliphatic carbocycles. The molecule has 0 atom stereocenters. The van der Waals surface area contributed by atoms with Crippen LogP contribution in [0.4, 0.5) is 16.2 Å². The molecule has 31 heavy (non-hydrogen) atoms. The van der Waals surface area contributed by atoms with Gasteiger partial charge in [-0.3, -0.25) is 0 Å². The van der Waals surface area contributed by atoms with Crippen LogP contribution >= 0.6 is 11.6 Å². The van der Waals surface area contributed by atoms with Gasteiger partial charge in [0, 0.05) is 57.4 Å². The predicted octanol–water partition coefficient (Wildman–Crippen LogP) is 0.903. The second kappa shape index (κ2) is 9.88. The molecule has 3 aliphatic rings. The number of nitrogens with one attached hydrogen (secondary N) is 1. The summed E-state index contributed by atoms with van der Waals surface area (Å²) in [5.74, 6) is 0. The van der Waals surface area contributed by atoms with Gasteiger partial charge in [0.1, 0.15) is 0 Å². The maximum Gasteiger partial charge on any atom is 0.321 e. The fourth-order valence-electron chi connectivity index (χ4n) is 3.95. The monoisotopic (exact) mass is 473 g/mol. The van der Waals surface area contributed by atoms with Gasteiger partial charge in [0.05, 0.1) is 37.8 Å². The largest absolute Gasteiger partial charge is 0.379 e. The Hall–Kier alpha value is -1.63. The van der Waals surface area contributed by atoms with Gasteiger partial charge in [-0.2, -0.15) is 17.0 Å². The molecule has 3 fully saturated rings. The van der Waals surface area contributed by atoms with Gasteiger partial charge in [0.2, 0.25) is 0 Å². The summed E-state index contributed by atoms with van der Waals surface area (Å²) in [7, 11) is -3.53. The van der Waals surface area contributed by atoms with Crippen LogP contribution in [0.3, 0.4) is 0 Å². The predicted molar refractivity (Wildman–Crippen MR) is 118 cm³/mol. The molecule has 12 heteroatoms. The van der Waals surface area contributed by atoms with Gasteiger partial charge < -0.3 is 24.6 Å². The Labute approximate surface area is 187 Å². The number of carbonyl (C=O) groups excluding carboxylic acids is 1. The third kappa shape index (κ3) is 5.24. The van der Waals surface area contributed by atoms with Gasteiger partial charge in [-0.05, 0) is 18.2 Å². The minimum Gasteiger partial charge on any atom is -0.379 e. The van der Waals surface area contributed by atoms with Crippen LogP contribution in [0.15, 0.2) is 18.2 Å². The molecule has 1 aromatic carbocycles. The number of urea groups is 1. The Morgan fingerprint density at radius 1 is 0.871 bits per heavy atom. The minimum absolute atomic E-state index is 0.263. The second-order valence-electron chi connectivity index (χ2n) is 7.60. The van der Waals surface area contributed by atoms with Gasteiger partial charge in [-0.1, -0.05) is 11.6 Å². The van der Waals surface area contributed by atoms with Crippen molar-refractivity contribution in [3.63, 3.8) is 0 Å². The van der Waals surface area contributed by atoms with Crippen LogP contribution in [-0.2, 0) is 19.7 Å². The number of halogens is 1. The molecule has 3 saturated heterocycles. The highest BCUT2D eigenvalue weighted by Gasteiger charge is 2.34. The SMILES string of the molecule is O=C(Nc1cc(Cl)ccc1N1CCOCC1)N1CCN(S(=O)(=O)N2CCOCC2)CC1. The van der Waals surface area contributed by atoms with Crippen molar-refractivity contribution < 1.29 is 22.7 Å². The van der Waals surface area contributed by atoms with Crippen molar-refractivity contribution in [2.24, 2.45) is 0 Å². The molecule has 2 amide bonds. The van der Waals surface area contributed by atoms with E-state index >= 15 is 0 Å². The summed E-state index contributed by atoms with van der Waals surface area (Å²) in [6.45, 7) is 5.46. The van der Waals surface area contributed by atoms with Crippen molar-refractivity contribution in [3.05, 3.63) is 23.2 Å². The number of morpholine rings is 2. The van der Waals surface area contributed by atoms with E-state index < -0.39 is 10.2 Å². The molecule has 0 saturated carbocycles. The fourth-order valence-corrected chi connectivity index (χ4v) is 5.68. The zero-order valence-corrected chi connectivity index (χ0v) is 18.9. The van der Waals surface area contributed by atoms with Gasteiger partial charge in [-0.15, -0.1) is 0 Å². The average Bonchev–Trinajstić information content (AvgIpc) is 2.80. The maximum absolute atomic E-state index is 12.9. The number of carbonyl (C=O) groups is 1. The molecular formula is C19H28ClN5O5S. The minimum atomic E-state index is -3.53. The topological polar surface area (TPSA) is 94.7 Å². The highest BCUT2D eigenvalue weighted by atomic mass is 35.5. The Bertz CT molecular complexity index is 882. The molecule has 172 valence electrons. The van der Waals surface area contributed by atoms with Crippen LogP contribution in [0.1, 0.15) is 0 Å². The lowest BCUT2D eigenvalue weighted by atomic mass is 10.2. The number of nitrogens with zero attached hydrogens (tertiary/aromatic N) is 4. The molecule has 1 aromatic rings. The molecule has 0 radical (unpaired) electrons. The van der Waals surface area contributed by atoms with E-state index in [1.54, 1.807) is 17.0 Å². The molecule has 1 N–H and O–H groups in total. The zero-order valence-electron chi connectivity index (χ0n) is 17.3. The Balaban J connectivity index is 1.38. The number of hydrogen-bond donors (Lipinski definition) is 1. The quantitative estimate of drug-likeness (QED) is 0.698. The molecule has 0 unspecified atom stereocenters. The standard InChI is InChI=1S/C19H28ClN5O5S/c20-16-1-2-18(22-7-11-29-12-8-22)17(15-16)21-19(26)23-3-5-24(6-4-23)31(27,28)25-9-13-30-14-10-25/h1-2,15H,3-14H2,(H,21,26). The van der Waals surface area contributed by atoms with Crippen LogP contribution in [0, 0.1) is 0 Å². The summed E-state index contributed by atoms with van der Waals surface area (Å²) in [5.41, 5.74) is 1.54. The normalized spacial score (nSPS) is 21.8. The highest BCUT2D eigenvalue weighted by Crippen LogP contribution is 2.30. The van der Waals surface area contributed by atoms with E-state index in [-0.39, 0.29) is 19.1 Å². The second-order valence-corrected chi connectivity index (χ2v) is 9.96. The summed E-state index contributed by atoms with van der Waals surface area (Å²) in [6, 6.07) is 5.18. The van der Waals surface area contributed by atoms with Crippen LogP contribution in [0.25, 0.3) is 0 Å². The van der Waals surface area contributed by atoms with E-state index in [1.807, 2.05) is 6.07 Å². The van der Waals surface area contributed by atoms with Crippen molar-refractivity contribution in [3.8, 4) is 0 Å². The maximum atomic E-state index is 12.9. The summed E-state index contributed by atoms with van der Waals surface area (Å²) in [5, 5.41) is 3.50. The lowest BCUT2D eigenvalue weighted by Crippen LogP contribution is -2.56. The van der Waals surface area contributed by atoms with Crippen molar-refractivity contribution in [1.82, 2.24) is 13.5 Å². The van der Waals surface area contributed by atoms with Crippen LogP contribution in [0.5, 0.6) is 0 Å². The van der Waals surface area contributed by atoms with Gasteiger partial charge in [-0.25, -0.2) is 4.79 Å². The summed E-state index contributed by atoms with van der Waals surface area (Å²) in [4.78, 5) is 16.7. The lowest BCUT2D eigenvalue weighted by molar-refractivity contribution is 0.0691. The zero-order chi connectivity index (χ0) is 21.8. The Morgan fingerprint density at radius 2 is 1.45 bits per heavy atom. The first-order valence-electron chi connectivity index (χ1n) is 10.5. The summed E-state index contributed by atoms with van der Waals surface area (Å²) < 4.78 is 39.2. The van der Waals surface area contributed by atoms with E-state index in [4.69, 9.17) is 21.1 Å². The molecule has 4 rings (SSSR count). The van der Waals surface area contributed by atoms with Crippen molar-refractivity contribution >= 4 is 39.2 Å². The van der Waals surface area contributed by atoms with Gasteiger partial charge in [0.15, 0.2) is 0 Å². The first-order chi connectivity index (χ1) is 14.9. The van der Waals surface area contributed by atoms with Crippen LogP contribution in [0.2, 0.25) is 5.02 Å². The number of ether oxygens (including phenoxy) is 2. The number of hydrogen-bond acceptors (Lipinski definition) is 6. The molecule has 0 spiro atoms. The first kappa shape index (κ1) is 22.6. The summed E-state index contributed by atoms with van der Waals surface area (Å²) in [6.07, 6.45) is 0. The Morgan fingerprint density at radius 3 is 2.10 bits per heavy atom. The average molecular weight is 474 g/mol. The summed E-state index contributed by atoms with van der Waals surface area (Å²) >= 11 is 6.17. The molecule has 3 aliphatic heterocycles. The van der Waals surface area contributed by atoms with E-state index in [1.165, 1.54) is 8.61 Å². The van der Waals surface area contributed by atoms with E-state index in [0.717, 1.165) is 18.8 Å². The molecule has 10 nitrogen and oxygen atoms in total. The third-order valence-corrected chi connectivity index (χ3v) is 7.97. The molecular weight excluding hydrogens is 446 g/mol. The number of piperazine rings is 1. The van der Waals surface area contributed by atoms with Crippen molar-refractivity contribution in [2.75, 3.05) is 89.0 Å². The van der Waals surface area contributed by atoms with E-state index in [0.29, 0.717) is 63.3 Å². The lowest BCUT2D eigenvalue weighted by Gasteiger charge is -2.37. The van der Waals surface area contributed by atoms with Crippen molar-refractivity contribution in [2.45, 2.75) is 0 Å². The number of benzene rings is 1. The number of amides is 2. The Kier molecular flexibility index (Phi) is 7.19. The molecule has 0 aromatic heterocycles. The van der Waals surface area contributed by atoms with Crippen molar-refractivity contribution in [1.29, 1.82) is 0 Å². The highest BCUT2D eigenvalue weighted by molar-refractivity contribution is 7.86. The smallest absolute Gasteiger partial charge is 0.321 e. The third-order valence-electron chi connectivity index (χ3n) is 5.70. The molecule has 0 bridgehead atoms. The number of anilines is 2. The van der Waals surface area contributed by atoms with Gasteiger partial charge in [0.25, 0.3) is 10.2 Å². The van der Waals surface area contributed by atoms with Crippen LogP contribution < -0.4 is 10.2 Å². The first-order valence-corrected chi connectivity index (χ1v) is 12.2. The molecule has 3 heterocycles. The fraction of sp³-hybridized carbons (Fsp3) is 0.632. The van der Waals surface area contributed by atoms with Gasteiger partial charge >= 0.3 is 6.03 Å². The number of rotatable bonds is 4. The van der Waals surface area contributed by atoms with Crippen LogP contribution in [-0.4, -0.2) is 107 Å².